The van der Waals surface area contributed by atoms with Crippen LogP contribution in [0, 0.1) is 17.2 Å². The predicted molar refractivity (Wildman–Crippen MR) is 124 cm³/mol. The number of hydrogen-bond donors (Lipinski definition) is 1. The molecular weight excluding hydrogens is 418 g/mol. The van der Waals surface area contributed by atoms with Crippen molar-refractivity contribution in [3.63, 3.8) is 0 Å². The summed E-state index contributed by atoms with van der Waals surface area (Å²) in [6.07, 6.45) is 3.87. The summed E-state index contributed by atoms with van der Waals surface area (Å²) >= 11 is 0. The first kappa shape index (κ1) is 22.6. The van der Waals surface area contributed by atoms with Crippen LogP contribution in [0.5, 0.6) is 0 Å². The second-order valence-electron chi connectivity index (χ2n) is 8.39. The molecule has 1 aliphatic rings. The number of aromatic nitrogens is 1. The number of piperidine rings is 1. The quantitative estimate of drug-likeness (QED) is 0.500. The van der Waals surface area contributed by atoms with E-state index in [-0.39, 0.29) is 17.5 Å². The van der Waals surface area contributed by atoms with E-state index in [1.807, 2.05) is 11.0 Å². The van der Waals surface area contributed by atoms with Crippen LogP contribution in [0.1, 0.15) is 30.5 Å². The van der Waals surface area contributed by atoms with E-state index in [0.29, 0.717) is 50.0 Å². The topological polar surface area (TPSA) is 98.5 Å². The van der Waals surface area contributed by atoms with Gasteiger partial charge in [-0.25, -0.2) is 0 Å². The van der Waals surface area contributed by atoms with Crippen molar-refractivity contribution < 1.29 is 13.6 Å². The molecule has 3 aromatic rings. The number of carbonyl (C=O) groups is 1. The highest BCUT2D eigenvalue weighted by Gasteiger charge is 2.29. The smallest absolute Gasteiger partial charge is 0.266 e. The van der Waals surface area contributed by atoms with E-state index in [4.69, 9.17) is 8.83 Å². The number of anilines is 1. The number of oxazole rings is 1. The average Bonchev–Trinajstić information content (AvgIpc) is 3.52. The number of benzene rings is 1. The fraction of sp³-hybridized carbons (Fsp3) is 0.400. The van der Waals surface area contributed by atoms with Gasteiger partial charge in [-0.2, -0.15) is 10.2 Å². The van der Waals surface area contributed by atoms with Gasteiger partial charge in [0, 0.05) is 32.1 Å². The van der Waals surface area contributed by atoms with Crippen LogP contribution in [0.2, 0.25) is 0 Å². The largest absolute Gasteiger partial charge is 0.459 e. The Morgan fingerprint density at radius 3 is 2.73 bits per heavy atom. The summed E-state index contributed by atoms with van der Waals surface area (Å²) in [6.45, 7) is 3.78. The highest BCUT2D eigenvalue weighted by molar-refractivity contribution is 5.79. The van der Waals surface area contributed by atoms with Crippen LogP contribution in [0.25, 0.3) is 11.7 Å². The standard InChI is InChI=1S/C25H29N5O3/c1-29(18-19-7-3-2-4-8-19)13-6-12-27-23(31)20-10-14-30(15-11-20)25-21(17-26)28-24(33-25)22-9-5-16-32-22/h2-5,7-9,16,20H,6,10-15,18H2,1H3,(H,27,31). The zero-order valence-corrected chi connectivity index (χ0v) is 18.9. The summed E-state index contributed by atoms with van der Waals surface area (Å²) in [5.74, 6) is 1.31. The van der Waals surface area contributed by atoms with Crippen LogP contribution >= 0.6 is 0 Å². The maximum absolute atomic E-state index is 12.6. The van der Waals surface area contributed by atoms with Crippen molar-refractivity contribution in [2.75, 3.05) is 38.1 Å². The molecule has 0 radical (unpaired) electrons. The fourth-order valence-electron chi connectivity index (χ4n) is 4.13. The van der Waals surface area contributed by atoms with E-state index in [1.54, 1.807) is 12.1 Å². The third-order valence-corrected chi connectivity index (χ3v) is 5.91. The van der Waals surface area contributed by atoms with Gasteiger partial charge in [0.2, 0.25) is 17.5 Å². The van der Waals surface area contributed by atoms with E-state index in [1.165, 1.54) is 11.8 Å². The molecule has 1 fully saturated rings. The molecule has 0 aliphatic carbocycles. The third-order valence-electron chi connectivity index (χ3n) is 5.91. The number of furan rings is 1. The zero-order valence-electron chi connectivity index (χ0n) is 18.9. The molecule has 0 saturated carbocycles. The molecule has 1 aliphatic heterocycles. The Kier molecular flexibility index (Phi) is 7.43. The van der Waals surface area contributed by atoms with Crippen LogP contribution < -0.4 is 10.2 Å². The summed E-state index contributed by atoms with van der Waals surface area (Å²) in [4.78, 5) is 21.1. The Morgan fingerprint density at radius 1 is 1.24 bits per heavy atom. The highest BCUT2D eigenvalue weighted by atomic mass is 16.4. The molecule has 4 rings (SSSR count). The molecule has 0 spiro atoms. The molecule has 0 atom stereocenters. The Labute approximate surface area is 193 Å². The van der Waals surface area contributed by atoms with Crippen molar-refractivity contribution in [1.82, 2.24) is 15.2 Å². The molecule has 0 unspecified atom stereocenters. The SMILES string of the molecule is CN(CCCNC(=O)C1CCN(c2oc(-c3ccco3)nc2C#N)CC1)Cc1ccccc1. The van der Waals surface area contributed by atoms with E-state index in [0.717, 1.165) is 19.5 Å². The maximum Gasteiger partial charge on any atom is 0.266 e. The van der Waals surface area contributed by atoms with E-state index >= 15 is 0 Å². The van der Waals surface area contributed by atoms with Gasteiger partial charge in [-0.15, -0.1) is 0 Å². The van der Waals surface area contributed by atoms with Gasteiger partial charge in [0.25, 0.3) is 5.89 Å². The van der Waals surface area contributed by atoms with Crippen LogP contribution in [-0.2, 0) is 11.3 Å². The van der Waals surface area contributed by atoms with Crippen molar-refractivity contribution in [1.29, 1.82) is 5.26 Å². The molecule has 1 aromatic carbocycles. The number of hydrogen-bond acceptors (Lipinski definition) is 7. The normalized spacial score (nSPS) is 14.4. The molecular formula is C25H29N5O3. The van der Waals surface area contributed by atoms with E-state index in [2.05, 4.69) is 52.6 Å². The second kappa shape index (κ2) is 10.8. The monoisotopic (exact) mass is 447 g/mol. The lowest BCUT2D eigenvalue weighted by Gasteiger charge is -2.31. The molecule has 33 heavy (non-hydrogen) atoms. The molecule has 0 bridgehead atoms. The maximum atomic E-state index is 12.6. The summed E-state index contributed by atoms with van der Waals surface area (Å²) < 4.78 is 11.1. The number of amides is 1. The molecule has 2 aromatic heterocycles. The molecule has 1 N–H and O–H groups in total. The molecule has 1 saturated heterocycles. The highest BCUT2D eigenvalue weighted by Crippen LogP contribution is 2.31. The first-order valence-corrected chi connectivity index (χ1v) is 11.3. The minimum atomic E-state index is -0.0266. The van der Waals surface area contributed by atoms with Crippen LogP contribution in [0.3, 0.4) is 0 Å². The predicted octanol–water partition coefficient (Wildman–Crippen LogP) is 3.66. The molecule has 172 valence electrons. The molecule has 3 heterocycles. The summed E-state index contributed by atoms with van der Waals surface area (Å²) in [7, 11) is 2.10. The van der Waals surface area contributed by atoms with Gasteiger partial charge < -0.3 is 24.0 Å². The van der Waals surface area contributed by atoms with Gasteiger partial charge in [-0.1, -0.05) is 30.3 Å². The van der Waals surface area contributed by atoms with Crippen molar-refractivity contribution in [3.8, 4) is 17.7 Å². The lowest BCUT2D eigenvalue weighted by molar-refractivity contribution is -0.125. The third kappa shape index (κ3) is 5.82. The lowest BCUT2D eigenvalue weighted by Crippen LogP contribution is -2.41. The fourth-order valence-corrected chi connectivity index (χ4v) is 4.13. The minimum absolute atomic E-state index is 0.0266. The van der Waals surface area contributed by atoms with Gasteiger partial charge in [-0.05, 0) is 50.6 Å². The Balaban J connectivity index is 1.20. The second-order valence-corrected chi connectivity index (χ2v) is 8.39. The van der Waals surface area contributed by atoms with Gasteiger partial charge in [0.15, 0.2) is 5.76 Å². The van der Waals surface area contributed by atoms with Crippen LogP contribution in [0.15, 0.2) is 57.6 Å². The Morgan fingerprint density at radius 2 is 2.03 bits per heavy atom. The first-order valence-electron chi connectivity index (χ1n) is 11.3. The Hall–Kier alpha value is -3.57. The summed E-state index contributed by atoms with van der Waals surface area (Å²) in [5.41, 5.74) is 1.53. The zero-order chi connectivity index (χ0) is 23.0. The number of nitriles is 1. The summed E-state index contributed by atoms with van der Waals surface area (Å²) in [5, 5.41) is 12.5. The number of nitrogens with zero attached hydrogens (tertiary/aromatic N) is 4. The van der Waals surface area contributed by atoms with Crippen LogP contribution in [-0.4, -0.2) is 49.0 Å². The van der Waals surface area contributed by atoms with Gasteiger partial charge in [0.1, 0.15) is 6.07 Å². The first-order chi connectivity index (χ1) is 16.1. The Bertz CT molecular complexity index is 1060. The minimum Gasteiger partial charge on any atom is -0.459 e. The van der Waals surface area contributed by atoms with Gasteiger partial charge >= 0.3 is 0 Å². The van der Waals surface area contributed by atoms with E-state index < -0.39 is 0 Å². The van der Waals surface area contributed by atoms with Crippen molar-refractivity contribution >= 4 is 11.8 Å². The van der Waals surface area contributed by atoms with Crippen LogP contribution in [0.4, 0.5) is 5.88 Å². The lowest BCUT2D eigenvalue weighted by atomic mass is 9.96. The number of nitrogens with one attached hydrogen (secondary N) is 1. The average molecular weight is 448 g/mol. The number of rotatable bonds is 9. The molecule has 1 amide bonds. The van der Waals surface area contributed by atoms with Gasteiger partial charge in [0.05, 0.1) is 6.26 Å². The van der Waals surface area contributed by atoms with E-state index in [9.17, 15) is 10.1 Å². The van der Waals surface area contributed by atoms with Gasteiger partial charge in [-0.3, -0.25) is 4.79 Å². The summed E-state index contributed by atoms with van der Waals surface area (Å²) in [6, 6.07) is 16.0. The molecule has 8 heteroatoms. The van der Waals surface area contributed by atoms with Crippen molar-refractivity contribution in [2.45, 2.75) is 25.8 Å². The van der Waals surface area contributed by atoms with Crippen molar-refractivity contribution in [3.05, 3.63) is 60.0 Å². The van der Waals surface area contributed by atoms with Crippen molar-refractivity contribution in [2.24, 2.45) is 5.92 Å². The number of carbonyl (C=O) groups excluding carboxylic acids is 1. The molecule has 8 nitrogen and oxygen atoms in total.